The summed E-state index contributed by atoms with van der Waals surface area (Å²) in [6.45, 7) is 0. The van der Waals surface area contributed by atoms with E-state index >= 15 is 0 Å². The van der Waals surface area contributed by atoms with E-state index < -0.39 is 0 Å². The molecule has 0 unspecified atom stereocenters. The van der Waals surface area contributed by atoms with Crippen molar-refractivity contribution in [2.24, 2.45) is 0 Å². The topological polar surface area (TPSA) is 43.0 Å². The van der Waals surface area contributed by atoms with Gasteiger partial charge in [-0.2, -0.15) is 0 Å². The maximum Gasteiger partial charge on any atom is 0.263 e. The van der Waals surface area contributed by atoms with Gasteiger partial charge in [0.2, 0.25) is 0 Å². The van der Waals surface area contributed by atoms with E-state index in [1.807, 2.05) is 63.4 Å². The molecule has 1 aliphatic carbocycles. The second-order valence-electron chi connectivity index (χ2n) is 13.1. The highest BCUT2D eigenvalue weighted by Gasteiger charge is 2.21. The van der Waals surface area contributed by atoms with Crippen molar-refractivity contribution in [3.05, 3.63) is 159 Å². The molecule has 4 heteroatoms. The molecule has 4 nitrogen and oxygen atoms in total. The highest BCUT2D eigenvalue weighted by Crippen LogP contribution is 2.39. The van der Waals surface area contributed by atoms with E-state index in [4.69, 9.17) is 0 Å². The number of nitrogens with zero attached hydrogens (tertiary/aromatic N) is 2. The molecule has 1 aliphatic rings. The van der Waals surface area contributed by atoms with Crippen LogP contribution in [-0.2, 0) is 6.42 Å². The van der Waals surface area contributed by atoms with Crippen LogP contribution in [0, 0.1) is 0 Å². The average Bonchev–Trinajstić information content (AvgIpc) is 3.66. The highest BCUT2D eigenvalue weighted by atomic mass is 16.1. The van der Waals surface area contributed by atoms with Gasteiger partial charge in [-0.15, -0.1) is 0 Å². The number of fused-ring (bicyclic) bond motifs is 10. The van der Waals surface area contributed by atoms with E-state index in [2.05, 4.69) is 78.9 Å². The molecule has 6 aromatic carbocycles. The number of hydrogen-bond donors (Lipinski definition) is 0. The summed E-state index contributed by atoms with van der Waals surface area (Å²) in [7, 11) is 0. The molecule has 0 fully saturated rings. The predicted molar refractivity (Wildman–Crippen MR) is 198 cm³/mol. The quantitative estimate of drug-likeness (QED) is 0.183. The molecule has 10 aromatic rings. The molecule has 224 valence electrons. The van der Waals surface area contributed by atoms with E-state index in [0.29, 0.717) is 0 Å². The van der Waals surface area contributed by atoms with Crippen LogP contribution in [0.5, 0.6) is 0 Å². The first-order valence-electron chi connectivity index (χ1n) is 16.5. The summed E-state index contributed by atoms with van der Waals surface area (Å²) in [5.74, 6) is 0. The second-order valence-corrected chi connectivity index (χ2v) is 13.1. The first-order chi connectivity index (χ1) is 23.7. The second kappa shape index (κ2) is 9.18. The molecule has 0 aliphatic heterocycles. The Morgan fingerprint density at radius 1 is 0.417 bits per heavy atom. The smallest absolute Gasteiger partial charge is 0.263 e. The van der Waals surface area contributed by atoms with Crippen molar-refractivity contribution in [2.75, 3.05) is 0 Å². The van der Waals surface area contributed by atoms with Gasteiger partial charge in [0.1, 0.15) is 0 Å². The van der Waals surface area contributed by atoms with Gasteiger partial charge in [0.25, 0.3) is 11.1 Å². The zero-order valence-electron chi connectivity index (χ0n) is 25.8. The molecule has 0 saturated carbocycles. The summed E-state index contributed by atoms with van der Waals surface area (Å²) in [4.78, 5) is 27.6. The van der Waals surface area contributed by atoms with Gasteiger partial charge in [-0.05, 0) is 100.0 Å². The van der Waals surface area contributed by atoms with Crippen LogP contribution in [0.15, 0.2) is 137 Å². The molecule has 4 heterocycles. The van der Waals surface area contributed by atoms with Crippen LogP contribution in [0.1, 0.15) is 12.0 Å². The Hall–Kier alpha value is -6.26. The highest BCUT2D eigenvalue weighted by molar-refractivity contribution is 6.21. The number of rotatable bonds is 2. The van der Waals surface area contributed by atoms with Gasteiger partial charge in [0.15, 0.2) is 0 Å². The first-order valence-corrected chi connectivity index (χ1v) is 16.5. The van der Waals surface area contributed by atoms with Crippen molar-refractivity contribution in [3.63, 3.8) is 0 Å². The van der Waals surface area contributed by atoms with E-state index in [1.165, 1.54) is 10.8 Å². The Bertz CT molecular complexity index is 3220. The number of para-hydroxylation sites is 1. The number of pyridine rings is 2. The van der Waals surface area contributed by atoms with Crippen LogP contribution in [0.3, 0.4) is 0 Å². The fourth-order valence-corrected chi connectivity index (χ4v) is 8.59. The minimum atomic E-state index is 0.0222. The average molecular weight is 615 g/mol. The number of aromatic nitrogens is 2. The maximum atomic E-state index is 13.8. The Morgan fingerprint density at radius 3 is 1.77 bits per heavy atom. The normalized spacial score (nSPS) is 13.2. The van der Waals surface area contributed by atoms with E-state index in [-0.39, 0.29) is 11.1 Å². The third-order valence-electron chi connectivity index (χ3n) is 10.7. The molecule has 0 spiro atoms. The standard InChI is InChI=1S/C44H26N2O2/c47-43-34-14-3-1-11-29(34)32-16-8-17-33-36-22-27(19-20-40(36)46(43)41(32)33)25-9-7-10-26(21-25)28-23-37-30-12-2-4-15-35(30)44(48)45-39-18-6-5-13-31(39)38(24-28)42(37)45/h1-7,9-16,18-24H,8,17H2. The zero-order chi connectivity index (χ0) is 31.7. The predicted octanol–water partition coefficient (Wildman–Crippen LogP) is 8.90. The lowest BCUT2D eigenvalue weighted by molar-refractivity contribution is 1.03. The van der Waals surface area contributed by atoms with E-state index in [9.17, 15) is 9.59 Å². The fourth-order valence-electron chi connectivity index (χ4n) is 8.59. The van der Waals surface area contributed by atoms with Crippen LogP contribution in [-0.4, -0.2) is 8.80 Å². The Balaban J connectivity index is 1.15. The molecule has 4 aromatic heterocycles. The third kappa shape index (κ3) is 3.24. The fraction of sp³-hybridized carbons (Fsp3) is 0.0455. The Kier molecular flexibility index (Phi) is 4.95. The number of hydrogen-bond acceptors (Lipinski definition) is 2. The van der Waals surface area contributed by atoms with Crippen molar-refractivity contribution in [1.82, 2.24) is 8.80 Å². The summed E-state index contributed by atoms with van der Waals surface area (Å²) in [6, 6.07) is 43.9. The maximum absolute atomic E-state index is 13.8. The summed E-state index contributed by atoms with van der Waals surface area (Å²) in [5, 5.41) is 9.08. The first kappa shape index (κ1) is 25.9. The summed E-state index contributed by atoms with van der Waals surface area (Å²) < 4.78 is 3.84. The lowest BCUT2D eigenvalue weighted by Crippen LogP contribution is -2.22. The van der Waals surface area contributed by atoms with E-state index in [1.54, 1.807) is 0 Å². The SMILES string of the molecule is O=c1c2ccccc2c2c3c(c4cc(-c5cccc(-c6cc7c8ccccc8c(=O)n8c9ccccc9c(c6)c78)c5)ccc4n13)CCC=2. The molecule has 0 N–H and O–H groups in total. The molecule has 11 rings (SSSR count). The monoisotopic (exact) mass is 614 g/mol. The molecule has 0 saturated heterocycles. The molecule has 0 radical (unpaired) electrons. The van der Waals surface area contributed by atoms with Gasteiger partial charge in [-0.1, -0.05) is 84.9 Å². The molecule has 0 amide bonds. The lowest BCUT2D eigenvalue weighted by atomic mass is 9.94. The largest absolute Gasteiger partial charge is 0.275 e. The molecular weight excluding hydrogens is 588 g/mol. The zero-order valence-corrected chi connectivity index (χ0v) is 25.8. The third-order valence-corrected chi connectivity index (χ3v) is 10.7. The Morgan fingerprint density at radius 2 is 0.979 bits per heavy atom. The summed E-state index contributed by atoms with van der Waals surface area (Å²) in [5.41, 5.74) is 9.76. The van der Waals surface area contributed by atoms with Gasteiger partial charge in [0, 0.05) is 37.5 Å². The van der Waals surface area contributed by atoms with Crippen LogP contribution in [0.2, 0.25) is 0 Å². The van der Waals surface area contributed by atoms with Gasteiger partial charge in [0.05, 0.1) is 22.1 Å². The van der Waals surface area contributed by atoms with Crippen LogP contribution in [0.25, 0.3) is 93.5 Å². The van der Waals surface area contributed by atoms with Gasteiger partial charge < -0.3 is 0 Å². The molecule has 48 heavy (non-hydrogen) atoms. The van der Waals surface area contributed by atoms with Crippen molar-refractivity contribution >= 4 is 71.2 Å². The molecule has 0 bridgehead atoms. The van der Waals surface area contributed by atoms with Crippen LogP contribution in [0.4, 0.5) is 0 Å². The van der Waals surface area contributed by atoms with Gasteiger partial charge >= 0.3 is 0 Å². The minimum absolute atomic E-state index is 0.0222. The summed E-state index contributed by atoms with van der Waals surface area (Å²) in [6.07, 6.45) is 4.17. The molecule has 0 atom stereocenters. The van der Waals surface area contributed by atoms with Gasteiger partial charge in [-0.25, -0.2) is 0 Å². The van der Waals surface area contributed by atoms with Crippen LogP contribution >= 0.6 is 0 Å². The van der Waals surface area contributed by atoms with Gasteiger partial charge in [-0.3, -0.25) is 18.4 Å². The molecular formula is C44H26N2O2. The van der Waals surface area contributed by atoms with Crippen molar-refractivity contribution in [3.8, 4) is 22.3 Å². The number of aryl methyl sites for hydroxylation is 1. The van der Waals surface area contributed by atoms with Crippen LogP contribution < -0.4 is 16.3 Å². The van der Waals surface area contributed by atoms with E-state index in [0.717, 1.165) is 100 Å². The lowest BCUT2D eigenvalue weighted by Gasteiger charge is -2.11. The van der Waals surface area contributed by atoms with Crippen molar-refractivity contribution in [1.29, 1.82) is 0 Å². The van der Waals surface area contributed by atoms with Crippen molar-refractivity contribution < 1.29 is 0 Å². The number of benzene rings is 6. The minimum Gasteiger partial charge on any atom is -0.275 e. The summed E-state index contributed by atoms with van der Waals surface area (Å²) >= 11 is 0. The van der Waals surface area contributed by atoms with Crippen molar-refractivity contribution in [2.45, 2.75) is 12.8 Å². The Labute approximate surface area is 273 Å².